The molecule has 3 rings (SSSR count). The van der Waals surface area contributed by atoms with E-state index in [2.05, 4.69) is 15.8 Å². The lowest BCUT2D eigenvalue weighted by Gasteiger charge is -2.15. The van der Waals surface area contributed by atoms with Gasteiger partial charge in [-0.1, -0.05) is 6.07 Å². The minimum Gasteiger partial charge on any atom is -0.326 e. The lowest BCUT2D eigenvalue weighted by Crippen LogP contribution is -2.15. The Bertz CT molecular complexity index is 795. The van der Waals surface area contributed by atoms with E-state index in [1.165, 1.54) is 19.1 Å². The molecule has 0 radical (unpaired) electrons. The van der Waals surface area contributed by atoms with Crippen LogP contribution in [0.25, 0.3) is 11.0 Å². The Morgan fingerprint density at radius 1 is 1.43 bits per heavy atom. The maximum atomic E-state index is 11.9. The highest BCUT2D eigenvalue weighted by Gasteiger charge is 2.43. The molecule has 1 heterocycles. The smallest absolute Gasteiger partial charge is 0.177 e. The molecule has 114 valence electrons. The zero-order valence-corrected chi connectivity index (χ0v) is 14.4. The maximum Gasteiger partial charge on any atom is 0.177 e. The summed E-state index contributed by atoms with van der Waals surface area (Å²) in [7, 11) is -3.30. The van der Waals surface area contributed by atoms with Gasteiger partial charge in [-0.25, -0.2) is 13.4 Å². The molecule has 0 spiro atoms. The second-order valence-electron chi connectivity index (χ2n) is 5.53. The minimum atomic E-state index is -3.30. The third-order valence-corrected chi connectivity index (χ3v) is 6.80. The van der Waals surface area contributed by atoms with E-state index in [4.69, 9.17) is 11.6 Å². The molecule has 1 aromatic carbocycles. The number of alkyl halides is 1. The summed E-state index contributed by atoms with van der Waals surface area (Å²) in [4.78, 5) is 4.76. The van der Waals surface area contributed by atoms with Gasteiger partial charge in [0.15, 0.2) is 9.84 Å². The van der Waals surface area contributed by atoms with Gasteiger partial charge in [-0.15, -0.1) is 11.6 Å². The first-order valence-corrected chi connectivity index (χ1v) is 10.3. The van der Waals surface area contributed by atoms with E-state index in [9.17, 15) is 8.42 Å². The fourth-order valence-electron chi connectivity index (χ4n) is 2.60. The largest absolute Gasteiger partial charge is 0.326 e. The molecule has 1 aliphatic rings. The number of benzene rings is 1. The normalized spacial score (nSPS) is 17.3. The standard InChI is InChI=1S/C14H17ClN2O2S2/c1-20-14(6-7-14)9-17-10-4-3-5-11(21(2,18)19)13(10)16-12(17)8-15/h3-5H,6-9H2,1-2H3. The van der Waals surface area contributed by atoms with Crippen LogP contribution in [0.5, 0.6) is 0 Å². The lowest BCUT2D eigenvalue weighted by molar-refractivity contribution is 0.602. The fourth-order valence-corrected chi connectivity index (χ4v) is 4.40. The Labute approximate surface area is 133 Å². The Kier molecular flexibility index (Phi) is 3.74. The quantitative estimate of drug-likeness (QED) is 0.782. The summed E-state index contributed by atoms with van der Waals surface area (Å²) in [6, 6.07) is 5.30. The summed E-state index contributed by atoms with van der Waals surface area (Å²) in [6.07, 6.45) is 5.70. The van der Waals surface area contributed by atoms with Crippen LogP contribution in [0.1, 0.15) is 18.7 Å². The number of imidazole rings is 1. The molecule has 0 atom stereocenters. The maximum absolute atomic E-state index is 11.9. The number of hydrogen-bond acceptors (Lipinski definition) is 4. The van der Waals surface area contributed by atoms with Crippen LogP contribution in [0.15, 0.2) is 23.1 Å². The van der Waals surface area contributed by atoms with Crippen molar-refractivity contribution in [3.05, 3.63) is 24.0 Å². The minimum absolute atomic E-state index is 0.259. The number of aromatic nitrogens is 2. The second-order valence-corrected chi connectivity index (χ2v) is 9.06. The summed E-state index contributed by atoms with van der Waals surface area (Å²) in [6.45, 7) is 0.833. The van der Waals surface area contributed by atoms with E-state index < -0.39 is 9.84 Å². The van der Waals surface area contributed by atoms with E-state index in [-0.39, 0.29) is 15.5 Å². The lowest BCUT2D eigenvalue weighted by atomic mass is 10.3. The van der Waals surface area contributed by atoms with Crippen molar-refractivity contribution < 1.29 is 8.42 Å². The molecule has 1 fully saturated rings. The molecular formula is C14H17ClN2O2S2. The molecule has 0 amide bonds. The van der Waals surface area contributed by atoms with Crippen LogP contribution in [0.4, 0.5) is 0 Å². The highest BCUT2D eigenvalue weighted by molar-refractivity contribution is 8.00. The first-order valence-electron chi connectivity index (χ1n) is 6.69. The Morgan fingerprint density at radius 3 is 2.67 bits per heavy atom. The fraction of sp³-hybridized carbons (Fsp3) is 0.500. The van der Waals surface area contributed by atoms with Gasteiger partial charge in [0, 0.05) is 17.5 Å². The summed E-state index contributed by atoms with van der Waals surface area (Å²) >= 11 is 7.89. The molecular weight excluding hydrogens is 328 g/mol. The Hall–Kier alpha value is -0.720. The Morgan fingerprint density at radius 2 is 2.14 bits per heavy atom. The predicted octanol–water partition coefficient (Wildman–Crippen LogP) is 3.07. The van der Waals surface area contributed by atoms with Crippen molar-refractivity contribution in [3.63, 3.8) is 0 Å². The van der Waals surface area contributed by atoms with Gasteiger partial charge in [0.2, 0.25) is 0 Å². The third-order valence-electron chi connectivity index (χ3n) is 4.03. The van der Waals surface area contributed by atoms with Crippen molar-refractivity contribution in [2.45, 2.75) is 34.9 Å². The van der Waals surface area contributed by atoms with E-state index in [1.54, 1.807) is 12.1 Å². The monoisotopic (exact) mass is 344 g/mol. The molecule has 0 N–H and O–H groups in total. The van der Waals surface area contributed by atoms with Gasteiger partial charge in [0.25, 0.3) is 0 Å². The highest BCUT2D eigenvalue weighted by Crippen LogP contribution is 2.49. The molecule has 1 aromatic heterocycles. The van der Waals surface area contributed by atoms with Crippen LogP contribution >= 0.6 is 23.4 Å². The van der Waals surface area contributed by atoms with E-state index in [1.807, 2.05) is 17.8 Å². The molecule has 4 nitrogen and oxygen atoms in total. The average Bonchev–Trinajstić information content (AvgIpc) is 3.13. The van der Waals surface area contributed by atoms with Crippen molar-refractivity contribution >= 4 is 44.2 Å². The zero-order chi connectivity index (χ0) is 15.3. The van der Waals surface area contributed by atoms with Gasteiger partial charge >= 0.3 is 0 Å². The van der Waals surface area contributed by atoms with Crippen molar-refractivity contribution in [2.24, 2.45) is 0 Å². The van der Waals surface area contributed by atoms with Crippen molar-refractivity contribution in [2.75, 3.05) is 12.5 Å². The third kappa shape index (κ3) is 2.69. The van der Waals surface area contributed by atoms with Crippen LogP contribution < -0.4 is 0 Å². The molecule has 2 aromatic rings. The van der Waals surface area contributed by atoms with Gasteiger partial charge in [-0.05, 0) is 31.2 Å². The van der Waals surface area contributed by atoms with Crippen molar-refractivity contribution in [1.82, 2.24) is 9.55 Å². The molecule has 1 aliphatic carbocycles. The molecule has 21 heavy (non-hydrogen) atoms. The van der Waals surface area contributed by atoms with Crippen LogP contribution in [-0.4, -0.2) is 35.2 Å². The number of para-hydroxylation sites is 1. The summed E-state index contributed by atoms with van der Waals surface area (Å²) in [5, 5.41) is 0. The number of halogens is 1. The van der Waals surface area contributed by atoms with Gasteiger partial charge in [-0.2, -0.15) is 11.8 Å². The summed E-state index contributed by atoms with van der Waals surface area (Å²) in [5.74, 6) is 1.02. The molecule has 7 heteroatoms. The van der Waals surface area contributed by atoms with Crippen molar-refractivity contribution in [3.8, 4) is 0 Å². The van der Waals surface area contributed by atoms with E-state index in [0.717, 1.165) is 17.9 Å². The first-order chi connectivity index (χ1) is 9.90. The molecule has 0 aliphatic heterocycles. The number of thioether (sulfide) groups is 1. The van der Waals surface area contributed by atoms with Gasteiger partial charge in [0.05, 0.1) is 16.3 Å². The average molecular weight is 345 g/mol. The van der Waals surface area contributed by atoms with Crippen LogP contribution in [0.3, 0.4) is 0 Å². The van der Waals surface area contributed by atoms with E-state index in [0.29, 0.717) is 5.52 Å². The van der Waals surface area contributed by atoms with Gasteiger partial charge < -0.3 is 4.57 Å². The van der Waals surface area contributed by atoms with Crippen LogP contribution in [-0.2, 0) is 22.3 Å². The SMILES string of the molecule is CSC1(Cn2c(CCl)nc3c(S(C)(=O)=O)cccc32)CC1. The number of hydrogen-bond donors (Lipinski definition) is 0. The number of fused-ring (bicyclic) bond motifs is 1. The second kappa shape index (κ2) is 5.18. The summed E-state index contributed by atoms with van der Waals surface area (Å²) < 4.78 is 26.2. The first kappa shape index (κ1) is 15.2. The number of sulfone groups is 1. The molecule has 1 saturated carbocycles. The summed E-state index contributed by atoms with van der Waals surface area (Å²) in [5.41, 5.74) is 1.39. The van der Waals surface area contributed by atoms with Gasteiger partial charge in [-0.3, -0.25) is 0 Å². The number of rotatable bonds is 5. The van der Waals surface area contributed by atoms with Crippen LogP contribution in [0, 0.1) is 0 Å². The highest BCUT2D eigenvalue weighted by atomic mass is 35.5. The molecule has 0 saturated heterocycles. The van der Waals surface area contributed by atoms with Crippen molar-refractivity contribution in [1.29, 1.82) is 0 Å². The Balaban J connectivity index is 2.20. The van der Waals surface area contributed by atoms with E-state index >= 15 is 0 Å². The van der Waals surface area contributed by atoms with Crippen LogP contribution in [0.2, 0.25) is 0 Å². The van der Waals surface area contributed by atoms with Gasteiger partial charge in [0.1, 0.15) is 11.3 Å². The topological polar surface area (TPSA) is 52.0 Å². The number of nitrogens with zero attached hydrogens (tertiary/aromatic N) is 2. The zero-order valence-electron chi connectivity index (χ0n) is 12.0. The predicted molar refractivity (Wildman–Crippen MR) is 87.9 cm³/mol. The molecule has 0 unspecified atom stereocenters. The molecule has 0 bridgehead atoms.